The monoisotopic (exact) mass is 130 g/mol. The molecule has 0 spiro atoms. The van der Waals surface area contributed by atoms with Gasteiger partial charge in [-0.25, -0.2) is 0 Å². The van der Waals surface area contributed by atoms with E-state index < -0.39 is 0 Å². The Morgan fingerprint density at radius 2 is 2.00 bits per heavy atom. The van der Waals surface area contributed by atoms with E-state index >= 15 is 0 Å². The minimum Gasteiger partial charge on any atom is -0.379 e. The van der Waals surface area contributed by atoms with Crippen LogP contribution in [0, 0.1) is 0 Å². The number of hydrogen-bond acceptors (Lipinski definition) is 2. The Bertz CT molecular complexity index is 81.0. The van der Waals surface area contributed by atoms with Crippen molar-refractivity contribution in [2.45, 2.75) is 32.0 Å². The highest BCUT2D eigenvalue weighted by atomic mass is 16.5. The van der Waals surface area contributed by atoms with Crippen LogP contribution in [0.25, 0.3) is 0 Å². The summed E-state index contributed by atoms with van der Waals surface area (Å²) in [5.74, 6) is 0. The van der Waals surface area contributed by atoms with Gasteiger partial charge in [0.25, 0.3) is 0 Å². The van der Waals surface area contributed by atoms with Crippen molar-refractivity contribution < 1.29 is 9.47 Å². The molecule has 0 bridgehead atoms. The Balaban J connectivity index is 2.11. The smallest absolute Gasteiger partial charge is 0.0837 e. The normalized spacial score (nSPS) is 34.0. The van der Waals surface area contributed by atoms with Gasteiger partial charge in [0.05, 0.1) is 12.2 Å². The minimum atomic E-state index is 0.380. The van der Waals surface area contributed by atoms with E-state index in [1.165, 1.54) is 12.8 Å². The third-order valence-corrected chi connectivity index (χ3v) is 1.83. The maximum atomic E-state index is 5.36. The van der Waals surface area contributed by atoms with Crippen LogP contribution in [0.4, 0.5) is 0 Å². The van der Waals surface area contributed by atoms with Crippen molar-refractivity contribution >= 4 is 0 Å². The summed E-state index contributed by atoms with van der Waals surface area (Å²) >= 11 is 0. The average molecular weight is 130 g/mol. The highest BCUT2D eigenvalue weighted by Crippen LogP contribution is 2.25. The van der Waals surface area contributed by atoms with Crippen LogP contribution in [0.1, 0.15) is 19.8 Å². The van der Waals surface area contributed by atoms with E-state index in [-0.39, 0.29) is 0 Å². The summed E-state index contributed by atoms with van der Waals surface area (Å²) < 4.78 is 10.5. The lowest BCUT2D eigenvalue weighted by atomic mass is 9.92. The second-order valence-corrected chi connectivity index (χ2v) is 2.35. The molecule has 0 aromatic rings. The van der Waals surface area contributed by atoms with Crippen molar-refractivity contribution in [3.05, 3.63) is 0 Å². The summed E-state index contributed by atoms with van der Waals surface area (Å²) in [6.45, 7) is 2.83. The lowest BCUT2D eigenvalue weighted by molar-refractivity contribution is -0.110. The molecule has 0 aromatic carbocycles. The van der Waals surface area contributed by atoms with E-state index in [4.69, 9.17) is 9.47 Å². The summed E-state index contributed by atoms with van der Waals surface area (Å²) in [6.07, 6.45) is 3.11. The lowest BCUT2D eigenvalue weighted by Gasteiger charge is -2.34. The van der Waals surface area contributed by atoms with Gasteiger partial charge in [-0.3, -0.25) is 0 Å². The van der Waals surface area contributed by atoms with Crippen LogP contribution in [0.3, 0.4) is 0 Å². The average Bonchev–Trinajstić information content (AvgIpc) is 1.82. The van der Waals surface area contributed by atoms with Gasteiger partial charge >= 0.3 is 0 Å². The second kappa shape index (κ2) is 3.18. The SMILES string of the molecule is CCOC1CCC1OC. The van der Waals surface area contributed by atoms with Crippen molar-refractivity contribution in [3.8, 4) is 0 Å². The number of hydrogen-bond donors (Lipinski definition) is 0. The molecule has 2 atom stereocenters. The first-order valence-corrected chi connectivity index (χ1v) is 3.53. The fourth-order valence-electron chi connectivity index (χ4n) is 1.11. The van der Waals surface area contributed by atoms with Crippen LogP contribution in [-0.2, 0) is 9.47 Å². The van der Waals surface area contributed by atoms with Gasteiger partial charge in [-0.1, -0.05) is 0 Å². The summed E-state index contributed by atoms with van der Waals surface area (Å²) in [7, 11) is 1.75. The van der Waals surface area contributed by atoms with Gasteiger partial charge in [-0.2, -0.15) is 0 Å². The maximum Gasteiger partial charge on any atom is 0.0837 e. The van der Waals surface area contributed by atoms with Crippen molar-refractivity contribution in [2.75, 3.05) is 13.7 Å². The third kappa shape index (κ3) is 1.43. The molecule has 1 aliphatic carbocycles. The van der Waals surface area contributed by atoms with Gasteiger partial charge in [-0.05, 0) is 19.8 Å². The summed E-state index contributed by atoms with van der Waals surface area (Å²) in [5.41, 5.74) is 0. The molecule has 0 aliphatic heterocycles. The molecule has 0 N–H and O–H groups in total. The van der Waals surface area contributed by atoms with E-state index in [1.807, 2.05) is 6.92 Å². The van der Waals surface area contributed by atoms with Crippen molar-refractivity contribution in [2.24, 2.45) is 0 Å². The summed E-state index contributed by atoms with van der Waals surface area (Å²) in [5, 5.41) is 0. The molecule has 0 saturated heterocycles. The second-order valence-electron chi connectivity index (χ2n) is 2.35. The molecule has 0 aromatic heterocycles. The molecule has 2 nitrogen and oxygen atoms in total. The van der Waals surface area contributed by atoms with Gasteiger partial charge in [-0.15, -0.1) is 0 Å². The Kier molecular flexibility index (Phi) is 2.49. The zero-order valence-electron chi connectivity index (χ0n) is 6.09. The highest BCUT2D eigenvalue weighted by molar-refractivity contribution is 4.81. The lowest BCUT2D eigenvalue weighted by Crippen LogP contribution is -2.40. The first kappa shape index (κ1) is 7.03. The highest BCUT2D eigenvalue weighted by Gasteiger charge is 2.30. The van der Waals surface area contributed by atoms with Crippen LogP contribution in [0.15, 0.2) is 0 Å². The van der Waals surface area contributed by atoms with Crippen molar-refractivity contribution in [1.29, 1.82) is 0 Å². The van der Waals surface area contributed by atoms with Crippen LogP contribution >= 0.6 is 0 Å². The molecule has 0 amide bonds. The predicted molar refractivity (Wildman–Crippen MR) is 35.4 cm³/mol. The van der Waals surface area contributed by atoms with E-state index in [1.54, 1.807) is 7.11 Å². The van der Waals surface area contributed by atoms with Crippen LogP contribution in [-0.4, -0.2) is 25.9 Å². The van der Waals surface area contributed by atoms with Crippen LogP contribution < -0.4 is 0 Å². The predicted octanol–water partition coefficient (Wildman–Crippen LogP) is 1.20. The first-order valence-electron chi connectivity index (χ1n) is 3.53. The van der Waals surface area contributed by atoms with E-state index in [2.05, 4.69) is 0 Å². The van der Waals surface area contributed by atoms with Crippen LogP contribution in [0.5, 0.6) is 0 Å². The third-order valence-electron chi connectivity index (χ3n) is 1.83. The molecule has 2 unspecified atom stereocenters. The number of rotatable bonds is 3. The Morgan fingerprint density at radius 3 is 2.33 bits per heavy atom. The zero-order chi connectivity index (χ0) is 6.69. The molecule has 54 valence electrons. The molecule has 9 heavy (non-hydrogen) atoms. The summed E-state index contributed by atoms with van der Waals surface area (Å²) in [4.78, 5) is 0. The van der Waals surface area contributed by atoms with Gasteiger partial charge in [0, 0.05) is 13.7 Å². The van der Waals surface area contributed by atoms with Crippen molar-refractivity contribution in [1.82, 2.24) is 0 Å². The topological polar surface area (TPSA) is 18.5 Å². The summed E-state index contributed by atoms with van der Waals surface area (Å²) in [6, 6.07) is 0. The zero-order valence-corrected chi connectivity index (χ0v) is 6.09. The van der Waals surface area contributed by atoms with Gasteiger partial charge < -0.3 is 9.47 Å². The Hall–Kier alpha value is -0.0800. The molecular weight excluding hydrogens is 116 g/mol. The quantitative estimate of drug-likeness (QED) is 0.571. The molecule has 0 heterocycles. The Morgan fingerprint density at radius 1 is 1.33 bits per heavy atom. The number of methoxy groups -OCH3 is 1. The molecule has 1 saturated carbocycles. The molecule has 1 fully saturated rings. The standard InChI is InChI=1S/C7H14O2/c1-3-9-7-5-4-6(7)8-2/h6-7H,3-5H2,1-2H3. The fourth-order valence-corrected chi connectivity index (χ4v) is 1.11. The molecule has 0 radical (unpaired) electrons. The van der Waals surface area contributed by atoms with E-state index in [9.17, 15) is 0 Å². The Labute approximate surface area is 56.2 Å². The van der Waals surface area contributed by atoms with Gasteiger partial charge in [0.15, 0.2) is 0 Å². The largest absolute Gasteiger partial charge is 0.379 e. The minimum absolute atomic E-state index is 0.380. The van der Waals surface area contributed by atoms with Crippen LogP contribution in [0.2, 0.25) is 0 Å². The van der Waals surface area contributed by atoms with Gasteiger partial charge in [0.1, 0.15) is 0 Å². The van der Waals surface area contributed by atoms with E-state index in [0.717, 1.165) is 6.61 Å². The van der Waals surface area contributed by atoms with Crippen molar-refractivity contribution in [3.63, 3.8) is 0 Å². The van der Waals surface area contributed by atoms with E-state index in [0.29, 0.717) is 12.2 Å². The number of ether oxygens (including phenoxy) is 2. The molecule has 1 rings (SSSR count). The molecule has 1 aliphatic rings. The maximum absolute atomic E-state index is 5.36. The molecular formula is C7H14O2. The van der Waals surface area contributed by atoms with Gasteiger partial charge in [0.2, 0.25) is 0 Å². The molecule has 2 heteroatoms. The fraction of sp³-hybridized carbons (Fsp3) is 1.00. The first-order chi connectivity index (χ1) is 4.38.